The summed E-state index contributed by atoms with van der Waals surface area (Å²) in [5.74, 6) is -3.08. The molecular formula is C24H17FN2O6S. The second kappa shape index (κ2) is 8.91. The Bertz CT molecular complexity index is 1450. The fourth-order valence-electron chi connectivity index (χ4n) is 3.21. The van der Waals surface area contributed by atoms with Gasteiger partial charge in [-0.1, -0.05) is 48.0 Å². The highest BCUT2D eigenvalue weighted by Gasteiger charge is 2.38. The third-order valence-electron chi connectivity index (χ3n) is 4.92. The lowest BCUT2D eigenvalue weighted by atomic mass is 10.1. The van der Waals surface area contributed by atoms with Gasteiger partial charge in [0.05, 0.1) is 5.69 Å². The first kappa shape index (κ1) is 22.9. The van der Waals surface area contributed by atoms with Crippen LogP contribution >= 0.6 is 0 Å². The molecule has 172 valence electrons. The van der Waals surface area contributed by atoms with Crippen LogP contribution in [0.3, 0.4) is 0 Å². The minimum Gasteiger partial charge on any atom is -0.378 e. The second-order valence-electron chi connectivity index (χ2n) is 7.30. The Hall–Kier alpha value is -4.31. The number of nitrogens with one attached hydrogen (secondary N) is 1. The second-order valence-corrected chi connectivity index (χ2v) is 8.84. The van der Waals surface area contributed by atoms with Crippen molar-refractivity contribution in [2.45, 2.75) is 11.8 Å². The van der Waals surface area contributed by atoms with E-state index in [-0.39, 0.29) is 21.9 Å². The number of aryl methyl sites for hydroxylation is 1. The highest BCUT2D eigenvalue weighted by molar-refractivity contribution is 7.87. The van der Waals surface area contributed by atoms with Gasteiger partial charge in [-0.3, -0.25) is 14.9 Å². The SMILES string of the molecule is Cc1ccc(S(=O)(=O)Oc2ccccc2/C=C2/C(=O)NC(=O)N(c3ccccc3F)C2=O)cc1. The summed E-state index contributed by atoms with van der Waals surface area (Å²) in [6, 6.07) is 15.8. The van der Waals surface area contributed by atoms with Crippen molar-refractivity contribution in [1.29, 1.82) is 0 Å². The van der Waals surface area contributed by atoms with Crippen molar-refractivity contribution >= 4 is 39.7 Å². The number of barbiturate groups is 1. The topological polar surface area (TPSA) is 110 Å². The first-order valence-corrected chi connectivity index (χ1v) is 11.3. The van der Waals surface area contributed by atoms with Crippen LogP contribution in [0.15, 0.2) is 83.3 Å². The number of halogens is 1. The molecule has 1 fully saturated rings. The Balaban J connectivity index is 1.72. The molecule has 1 heterocycles. The van der Waals surface area contributed by atoms with Gasteiger partial charge in [-0.15, -0.1) is 0 Å². The summed E-state index contributed by atoms with van der Waals surface area (Å²) in [5.41, 5.74) is 0.0981. The number of carbonyl (C=O) groups excluding carboxylic acids is 3. The van der Waals surface area contributed by atoms with Crippen LogP contribution in [0, 0.1) is 12.7 Å². The van der Waals surface area contributed by atoms with Crippen LogP contribution in [0.25, 0.3) is 6.08 Å². The van der Waals surface area contributed by atoms with Crippen molar-refractivity contribution in [3.8, 4) is 5.75 Å². The van der Waals surface area contributed by atoms with Gasteiger partial charge in [-0.2, -0.15) is 8.42 Å². The molecule has 0 aliphatic carbocycles. The van der Waals surface area contributed by atoms with Crippen molar-refractivity contribution < 1.29 is 31.4 Å². The van der Waals surface area contributed by atoms with Gasteiger partial charge >= 0.3 is 16.1 Å². The van der Waals surface area contributed by atoms with Crippen LogP contribution in [0.1, 0.15) is 11.1 Å². The third-order valence-corrected chi connectivity index (χ3v) is 6.17. The normalized spacial score (nSPS) is 15.4. The molecule has 1 aliphatic rings. The number of rotatable bonds is 5. The molecule has 10 heteroatoms. The van der Waals surface area contributed by atoms with Crippen LogP contribution in [0.5, 0.6) is 5.75 Å². The van der Waals surface area contributed by atoms with Gasteiger partial charge in [0, 0.05) is 5.56 Å². The van der Waals surface area contributed by atoms with Gasteiger partial charge in [-0.05, 0) is 43.3 Å². The molecule has 4 amide bonds. The molecule has 1 N–H and O–H groups in total. The zero-order chi connectivity index (χ0) is 24.5. The Morgan fingerprint density at radius 2 is 1.56 bits per heavy atom. The van der Waals surface area contributed by atoms with E-state index >= 15 is 0 Å². The molecule has 0 atom stereocenters. The monoisotopic (exact) mass is 480 g/mol. The van der Waals surface area contributed by atoms with Crippen molar-refractivity contribution in [2.24, 2.45) is 0 Å². The summed E-state index contributed by atoms with van der Waals surface area (Å²) >= 11 is 0. The van der Waals surface area contributed by atoms with Crippen molar-refractivity contribution in [1.82, 2.24) is 5.32 Å². The molecule has 0 spiro atoms. The average Bonchev–Trinajstić information content (AvgIpc) is 2.79. The summed E-state index contributed by atoms with van der Waals surface area (Å²) in [4.78, 5) is 38.1. The first-order valence-electron chi connectivity index (χ1n) is 9.93. The summed E-state index contributed by atoms with van der Waals surface area (Å²) in [7, 11) is -4.22. The Kier molecular flexibility index (Phi) is 5.99. The number of benzene rings is 3. The van der Waals surface area contributed by atoms with E-state index in [1.54, 1.807) is 25.1 Å². The smallest absolute Gasteiger partial charge is 0.339 e. The predicted octanol–water partition coefficient (Wildman–Crippen LogP) is 3.57. The van der Waals surface area contributed by atoms with E-state index in [9.17, 15) is 27.2 Å². The molecule has 3 aromatic carbocycles. The summed E-state index contributed by atoms with van der Waals surface area (Å²) < 4.78 is 44.9. The molecule has 3 aromatic rings. The lowest BCUT2D eigenvalue weighted by molar-refractivity contribution is -0.122. The Morgan fingerprint density at radius 1 is 0.912 bits per heavy atom. The number of para-hydroxylation sites is 2. The molecule has 0 saturated carbocycles. The number of nitrogens with zero attached hydrogens (tertiary/aromatic N) is 1. The van der Waals surface area contributed by atoms with E-state index < -0.39 is 39.4 Å². The zero-order valence-corrected chi connectivity index (χ0v) is 18.5. The lowest BCUT2D eigenvalue weighted by Gasteiger charge is -2.26. The van der Waals surface area contributed by atoms with E-state index in [2.05, 4.69) is 0 Å². The molecule has 0 unspecified atom stereocenters. The number of urea groups is 1. The molecule has 34 heavy (non-hydrogen) atoms. The molecule has 1 saturated heterocycles. The van der Waals surface area contributed by atoms with Crippen molar-refractivity contribution in [3.63, 3.8) is 0 Å². The lowest BCUT2D eigenvalue weighted by Crippen LogP contribution is -2.54. The van der Waals surface area contributed by atoms with Gasteiger partial charge in [-0.25, -0.2) is 14.1 Å². The average molecular weight is 480 g/mol. The third kappa shape index (κ3) is 4.44. The number of hydrogen-bond acceptors (Lipinski definition) is 6. The molecule has 0 bridgehead atoms. The minimum atomic E-state index is -4.22. The van der Waals surface area contributed by atoms with Crippen LogP contribution in [-0.4, -0.2) is 26.3 Å². The summed E-state index contributed by atoms with van der Waals surface area (Å²) in [6.45, 7) is 1.81. The van der Waals surface area contributed by atoms with Crippen molar-refractivity contribution in [2.75, 3.05) is 4.90 Å². The van der Waals surface area contributed by atoms with E-state index in [1.165, 1.54) is 48.5 Å². The summed E-state index contributed by atoms with van der Waals surface area (Å²) in [6.07, 6.45) is 1.08. The van der Waals surface area contributed by atoms with E-state index in [0.29, 0.717) is 4.90 Å². The maximum absolute atomic E-state index is 14.2. The minimum absolute atomic E-state index is 0.0802. The van der Waals surface area contributed by atoms with Crippen LogP contribution < -0.4 is 14.4 Å². The largest absolute Gasteiger partial charge is 0.378 e. The first-order chi connectivity index (χ1) is 16.2. The molecule has 1 aliphatic heterocycles. The fraction of sp³-hybridized carbons (Fsp3) is 0.0417. The molecular weight excluding hydrogens is 463 g/mol. The number of imide groups is 2. The highest BCUT2D eigenvalue weighted by atomic mass is 32.2. The number of hydrogen-bond donors (Lipinski definition) is 1. The standard InChI is InChI=1S/C24H17FN2O6S/c1-15-10-12-17(13-11-15)34(31,32)33-21-9-5-2-6-16(21)14-18-22(28)26-24(30)27(23(18)29)20-8-4-3-7-19(20)25/h2-14H,1H3,(H,26,28,30)/b18-14-. The molecule has 0 radical (unpaired) electrons. The number of anilines is 1. The van der Waals surface area contributed by atoms with E-state index in [0.717, 1.165) is 17.7 Å². The number of amides is 4. The van der Waals surface area contributed by atoms with Gasteiger partial charge in [0.15, 0.2) is 0 Å². The predicted molar refractivity (Wildman–Crippen MR) is 121 cm³/mol. The fourth-order valence-corrected chi connectivity index (χ4v) is 4.17. The maximum atomic E-state index is 14.2. The molecule has 0 aromatic heterocycles. The molecule has 4 rings (SSSR count). The molecule has 8 nitrogen and oxygen atoms in total. The van der Waals surface area contributed by atoms with Crippen LogP contribution in [0.2, 0.25) is 0 Å². The quantitative estimate of drug-likeness (QED) is 0.340. The van der Waals surface area contributed by atoms with E-state index in [4.69, 9.17) is 4.18 Å². The zero-order valence-electron chi connectivity index (χ0n) is 17.7. The maximum Gasteiger partial charge on any atom is 0.339 e. The van der Waals surface area contributed by atoms with Crippen LogP contribution in [-0.2, 0) is 19.7 Å². The van der Waals surface area contributed by atoms with Crippen molar-refractivity contribution in [3.05, 3.63) is 95.3 Å². The van der Waals surface area contributed by atoms with E-state index in [1.807, 2.05) is 5.32 Å². The highest BCUT2D eigenvalue weighted by Crippen LogP contribution is 2.28. The van der Waals surface area contributed by atoms with Gasteiger partial charge < -0.3 is 4.18 Å². The van der Waals surface area contributed by atoms with Gasteiger partial charge in [0.2, 0.25) is 0 Å². The van der Waals surface area contributed by atoms with Gasteiger partial charge in [0.1, 0.15) is 22.0 Å². The van der Waals surface area contributed by atoms with Gasteiger partial charge in [0.25, 0.3) is 11.8 Å². The van der Waals surface area contributed by atoms with Crippen LogP contribution in [0.4, 0.5) is 14.9 Å². The number of carbonyl (C=O) groups is 3. The summed E-state index contributed by atoms with van der Waals surface area (Å²) in [5, 5.41) is 1.99. The Labute approximate surface area is 194 Å². The Morgan fingerprint density at radius 3 is 2.26 bits per heavy atom.